The summed E-state index contributed by atoms with van der Waals surface area (Å²) in [5, 5.41) is 19.4. The lowest BCUT2D eigenvalue weighted by atomic mass is 9.71. The standard InChI is InChI=1S/C63H100N2O15Si/c1-17-36(2)54-39(5)28-29-61(79-54)34-47-31-46(78-61)27-26-38(4)53(37(3)22-21-23-44-35-72-57-55(80-81(15,16)60(10,11)12)40(6)30-48(58(67)75-47)63(44,57)69)76-51-32-49(70-13)56(41(7)73-51)77-52-33-50(71-14)62(42(8)74-52,65-43(9)66)59(68)64-45-24-19-18-20-25-45/h21-23,26,28-30,36-37,39,41-42,45-57,69H,17-20,24-25,27,31-35H2,1-16H3,(H,64,68)(H,65,66)/b22-21+,38-26+,44-23+/t36-,37-,39-,41-,42-,46+,47-,48-,49-,50-,51-,52-,53-,54+,55+,56-,57+,61+,62-,63+/m0/s1. The fourth-order valence-corrected chi connectivity index (χ4v) is 15.0. The fraction of sp³-hybridized carbons (Fsp3) is 0.794. The SMILES string of the molecule is CC[C@H](C)[C@H]1O[C@]2(C=C[C@@H]1C)C[C@@H]1C[C@@H](C/C=C(\C)[C@@H](O[C@H]3C[C@H](OC)[C@@H](O[C@H]4C[C@H](OC)[C@](NC(C)=O)(C(=O)NC5CCCCC5)[C@H](C)O4)[C@H](C)O3)[C@@H](C)/C=C/C=C3\CO[C@@H]4[C@H](O[Si](C)(C)C(C)(C)C)C(C)=C[C@@H](C(=O)O1)[C@]34O)O2. The maximum absolute atomic E-state index is 14.9. The van der Waals surface area contributed by atoms with Crippen LogP contribution in [0.15, 0.2) is 59.3 Å². The van der Waals surface area contributed by atoms with E-state index in [0.29, 0.717) is 31.3 Å². The Hall–Kier alpha value is -3.11. The largest absolute Gasteiger partial charge is 0.462 e. The molecular weight excluding hydrogens is 1050 g/mol. The molecule has 0 radical (unpaired) electrons. The second-order valence-electron chi connectivity index (χ2n) is 26.6. The Morgan fingerprint density at radius 2 is 1.62 bits per heavy atom. The van der Waals surface area contributed by atoms with Crippen LogP contribution in [0.1, 0.15) is 154 Å². The van der Waals surface area contributed by atoms with E-state index in [-0.39, 0.29) is 59.8 Å². The van der Waals surface area contributed by atoms with Gasteiger partial charge in [-0.3, -0.25) is 14.4 Å². The number of nitrogens with one attached hydrogen (secondary N) is 2. The third-order valence-electron chi connectivity index (χ3n) is 19.6. The van der Waals surface area contributed by atoms with Crippen molar-refractivity contribution >= 4 is 26.1 Å². The van der Waals surface area contributed by atoms with Crippen molar-refractivity contribution in [2.75, 3.05) is 20.8 Å². The van der Waals surface area contributed by atoms with E-state index >= 15 is 0 Å². The third kappa shape index (κ3) is 13.5. The second-order valence-corrected chi connectivity index (χ2v) is 31.3. The normalized spacial score (nSPS) is 43.0. The monoisotopic (exact) mass is 1150 g/mol. The minimum atomic E-state index is -2.41. The molecule has 4 saturated heterocycles. The molecule has 1 saturated carbocycles. The van der Waals surface area contributed by atoms with E-state index in [1.807, 2.05) is 44.2 Å². The lowest BCUT2D eigenvalue weighted by molar-refractivity contribution is -0.316. The highest BCUT2D eigenvalue weighted by molar-refractivity contribution is 6.74. The zero-order valence-electron chi connectivity index (χ0n) is 51.6. The molecule has 0 aromatic heterocycles. The summed E-state index contributed by atoms with van der Waals surface area (Å²) in [6.45, 7) is 28.8. The van der Waals surface area contributed by atoms with Gasteiger partial charge in [0.1, 0.15) is 29.8 Å². The number of hydrogen-bond donors (Lipinski definition) is 3. The number of rotatable bonds is 13. The topological polar surface area (TPSA) is 197 Å². The van der Waals surface area contributed by atoms with Crippen LogP contribution in [0.2, 0.25) is 18.1 Å². The molecule has 8 rings (SSSR count). The summed E-state index contributed by atoms with van der Waals surface area (Å²) in [4.78, 5) is 42.0. The molecule has 2 amide bonds. The molecule has 81 heavy (non-hydrogen) atoms. The maximum atomic E-state index is 14.9. The molecule has 18 heteroatoms. The van der Waals surface area contributed by atoms with Gasteiger partial charge in [-0.05, 0) is 93.8 Å². The molecule has 0 aromatic rings. The van der Waals surface area contributed by atoms with Crippen LogP contribution in [0, 0.1) is 23.7 Å². The number of allylic oxidation sites excluding steroid dienone is 2. The first-order chi connectivity index (χ1) is 38.2. The Bertz CT molecular complexity index is 2380. The van der Waals surface area contributed by atoms with E-state index in [2.05, 4.69) is 91.3 Å². The molecule has 17 nitrogen and oxygen atoms in total. The Balaban J connectivity index is 1.07. The minimum Gasteiger partial charge on any atom is -0.462 e. The average molecular weight is 1150 g/mol. The Morgan fingerprint density at radius 3 is 2.28 bits per heavy atom. The highest BCUT2D eigenvalue weighted by Crippen LogP contribution is 2.50. The number of hydrogen-bond acceptors (Lipinski definition) is 15. The van der Waals surface area contributed by atoms with Gasteiger partial charge in [0.15, 0.2) is 32.2 Å². The molecule has 3 N–H and O–H groups in total. The molecular formula is C63H100N2O15Si. The number of ether oxygens (including phenoxy) is 10. The smallest absolute Gasteiger partial charge is 0.316 e. The van der Waals surface area contributed by atoms with Gasteiger partial charge in [0.2, 0.25) is 5.91 Å². The van der Waals surface area contributed by atoms with Gasteiger partial charge in [0, 0.05) is 64.7 Å². The summed E-state index contributed by atoms with van der Waals surface area (Å²) in [6.07, 6.45) is 13.8. The van der Waals surface area contributed by atoms with Crippen LogP contribution in [0.25, 0.3) is 0 Å². The molecule has 20 atom stereocenters. The van der Waals surface area contributed by atoms with Crippen molar-refractivity contribution in [1.29, 1.82) is 0 Å². The molecule has 6 heterocycles. The van der Waals surface area contributed by atoms with Gasteiger partial charge in [-0.2, -0.15) is 0 Å². The second kappa shape index (κ2) is 25.8. The van der Waals surface area contributed by atoms with Gasteiger partial charge >= 0.3 is 5.97 Å². The first-order valence-electron chi connectivity index (χ1n) is 30.5. The molecule has 5 fully saturated rings. The number of carbonyl (C=O) groups is 3. The van der Waals surface area contributed by atoms with Crippen molar-refractivity contribution in [2.45, 2.75) is 275 Å². The van der Waals surface area contributed by atoms with Crippen LogP contribution in [0.5, 0.6) is 0 Å². The molecule has 456 valence electrons. The van der Waals surface area contributed by atoms with Crippen LogP contribution in [-0.2, 0) is 66.2 Å². The lowest BCUT2D eigenvalue weighted by Crippen LogP contribution is -2.75. The number of methoxy groups -OCH3 is 2. The van der Waals surface area contributed by atoms with E-state index in [1.165, 1.54) is 6.92 Å². The van der Waals surface area contributed by atoms with Crippen LogP contribution in [0.4, 0.5) is 0 Å². The predicted molar refractivity (Wildman–Crippen MR) is 309 cm³/mol. The predicted octanol–water partition coefficient (Wildman–Crippen LogP) is 9.37. The van der Waals surface area contributed by atoms with Gasteiger partial charge < -0.3 is 67.5 Å². The lowest BCUT2D eigenvalue weighted by Gasteiger charge is -2.50. The highest BCUT2D eigenvalue weighted by Gasteiger charge is 2.62. The van der Waals surface area contributed by atoms with Crippen molar-refractivity contribution in [2.24, 2.45) is 23.7 Å². The summed E-state index contributed by atoms with van der Waals surface area (Å²) in [5.74, 6) is -3.25. The molecule has 8 aliphatic rings. The third-order valence-corrected chi connectivity index (χ3v) is 24.1. The molecule has 0 aromatic carbocycles. The minimum absolute atomic E-state index is 0.00958. The first-order valence-corrected chi connectivity index (χ1v) is 33.4. The molecule has 1 spiro atoms. The van der Waals surface area contributed by atoms with E-state index < -0.39 is 111 Å². The van der Waals surface area contributed by atoms with Gasteiger partial charge in [-0.15, -0.1) is 0 Å². The van der Waals surface area contributed by atoms with E-state index in [9.17, 15) is 19.5 Å². The number of fused-ring (bicyclic) bond motifs is 2. The van der Waals surface area contributed by atoms with Crippen molar-refractivity contribution in [3.05, 3.63) is 59.3 Å². The molecule has 2 aliphatic carbocycles. The van der Waals surface area contributed by atoms with Gasteiger partial charge in [-0.1, -0.05) is 111 Å². The Morgan fingerprint density at radius 1 is 0.901 bits per heavy atom. The summed E-state index contributed by atoms with van der Waals surface area (Å²) in [5.41, 5.74) is -0.924. The number of carbonyl (C=O) groups excluding carboxylic acids is 3. The number of esters is 1. The van der Waals surface area contributed by atoms with Crippen molar-refractivity contribution < 1.29 is 71.3 Å². The van der Waals surface area contributed by atoms with Crippen LogP contribution < -0.4 is 10.6 Å². The van der Waals surface area contributed by atoms with Gasteiger partial charge in [0.25, 0.3) is 5.91 Å². The van der Waals surface area contributed by atoms with Crippen molar-refractivity contribution in [3.8, 4) is 0 Å². The van der Waals surface area contributed by atoms with Crippen molar-refractivity contribution in [3.63, 3.8) is 0 Å². The van der Waals surface area contributed by atoms with E-state index in [0.717, 1.165) is 49.7 Å². The Labute approximate surface area is 484 Å². The van der Waals surface area contributed by atoms with Crippen molar-refractivity contribution in [1.82, 2.24) is 10.6 Å². The number of aliphatic hydroxyl groups is 1. The molecule has 6 aliphatic heterocycles. The summed E-state index contributed by atoms with van der Waals surface area (Å²) < 4.78 is 73.7. The molecule has 2 bridgehead atoms. The summed E-state index contributed by atoms with van der Waals surface area (Å²) in [6, 6.07) is 0.00958. The maximum Gasteiger partial charge on any atom is 0.316 e. The zero-order chi connectivity index (χ0) is 59.0. The summed E-state index contributed by atoms with van der Waals surface area (Å²) >= 11 is 0. The Kier molecular flexibility index (Phi) is 20.4. The quantitative estimate of drug-likeness (QED) is 0.0895. The van der Waals surface area contributed by atoms with E-state index in [1.54, 1.807) is 21.1 Å². The number of amides is 2. The van der Waals surface area contributed by atoms with E-state index in [4.69, 9.17) is 51.8 Å². The average Bonchev–Trinajstić information content (AvgIpc) is 3.38. The summed E-state index contributed by atoms with van der Waals surface area (Å²) in [7, 11) is 0.778. The zero-order valence-corrected chi connectivity index (χ0v) is 52.6. The fourth-order valence-electron chi connectivity index (χ4n) is 13.7. The van der Waals surface area contributed by atoms with Gasteiger partial charge in [-0.25, -0.2) is 0 Å². The highest BCUT2D eigenvalue weighted by atomic mass is 28.4. The van der Waals surface area contributed by atoms with Crippen LogP contribution >= 0.6 is 0 Å². The first kappa shape index (κ1) is 63.9. The van der Waals surface area contributed by atoms with Crippen LogP contribution in [0.3, 0.4) is 0 Å². The van der Waals surface area contributed by atoms with Crippen LogP contribution in [-0.4, -0.2) is 155 Å². The van der Waals surface area contributed by atoms with Gasteiger partial charge in [0.05, 0.1) is 55.4 Å². The molecule has 0 unspecified atom stereocenters.